The predicted octanol–water partition coefficient (Wildman–Crippen LogP) is 3.10. The lowest BCUT2D eigenvalue weighted by atomic mass is 10.2. The number of aromatic nitrogens is 1. The minimum absolute atomic E-state index is 0.0659. The van der Waals surface area contributed by atoms with Gasteiger partial charge in [0.2, 0.25) is 0 Å². The number of hydrogen-bond donors (Lipinski definition) is 0. The first-order valence-corrected chi connectivity index (χ1v) is 6.44. The highest BCUT2D eigenvalue weighted by Gasteiger charge is 2.19. The van der Waals surface area contributed by atoms with Gasteiger partial charge in [-0.05, 0) is 41.1 Å². The molecular formula is C13H13BrN2O2. The van der Waals surface area contributed by atoms with E-state index in [1.807, 2.05) is 25.1 Å². The number of furan rings is 1. The summed E-state index contributed by atoms with van der Waals surface area (Å²) in [7, 11) is 0. The van der Waals surface area contributed by atoms with Crippen molar-refractivity contribution >= 4 is 21.8 Å². The molecule has 1 amide bonds. The third kappa shape index (κ3) is 2.79. The number of halogens is 1. The van der Waals surface area contributed by atoms with Gasteiger partial charge >= 0.3 is 0 Å². The van der Waals surface area contributed by atoms with Crippen molar-refractivity contribution in [3.8, 4) is 0 Å². The van der Waals surface area contributed by atoms with Gasteiger partial charge in [-0.25, -0.2) is 0 Å². The molecule has 4 nitrogen and oxygen atoms in total. The van der Waals surface area contributed by atoms with Crippen LogP contribution < -0.4 is 0 Å². The molecule has 0 aliphatic heterocycles. The van der Waals surface area contributed by atoms with Crippen LogP contribution in [0.5, 0.6) is 0 Å². The summed E-state index contributed by atoms with van der Waals surface area (Å²) in [5.41, 5.74) is 1.40. The Balaban J connectivity index is 2.15. The zero-order chi connectivity index (χ0) is 13.0. The van der Waals surface area contributed by atoms with Gasteiger partial charge in [-0.1, -0.05) is 6.07 Å². The Morgan fingerprint density at radius 2 is 2.28 bits per heavy atom. The molecule has 0 aromatic carbocycles. The van der Waals surface area contributed by atoms with Crippen LogP contribution in [0, 0.1) is 0 Å². The average Bonchev–Trinajstić information content (AvgIpc) is 2.82. The molecule has 2 heterocycles. The summed E-state index contributed by atoms with van der Waals surface area (Å²) in [6, 6.07) is 7.33. The Morgan fingerprint density at radius 3 is 2.83 bits per heavy atom. The molecule has 0 fully saturated rings. The monoisotopic (exact) mass is 308 g/mol. The molecule has 0 aliphatic rings. The molecule has 0 radical (unpaired) electrons. The molecule has 2 aromatic heterocycles. The van der Waals surface area contributed by atoms with Crippen molar-refractivity contribution in [1.29, 1.82) is 0 Å². The molecule has 0 aliphatic carbocycles. The smallest absolute Gasteiger partial charge is 0.258 e. The van der Waals surface area contributed by atoms with Crippen molar-refractivity contribution in [2.24, 2.45) is 0 Å². The van der Waals surface area contributed by atoms with Gasteiger partial charge in [0.1, 0.15) is 0 Å². The van der Waals surface area contributed by atoms with Crippen LogP contribution in [0.3, 0.4) is 0 Å². The van der Waals surface area contributed by atoms with Crippen LogP contribution in [-0.4, -0.2) is 22.3 Å². The highest BCUT2D eigenvalue weighted by molar-refractivity contribution is 9.10. The summed E-state index contributed by atoms with van der Waals surface area (Å²) in [4.78, 5) is 18.2. The van der Waals surface area contributed by atoms with Crippen LogP contribution >= 0.6 is 15.9 Å². The summed E-state index contributed by atoms with van der Waals surface area (Å²) >= 11 is 3.22. The molecule has 2 rings (SSSR count). The molecule has 0 unspecified atom stereocenters. The maximum absolute atomic E-state index is 12.3. The van der Waals surface area contributed by atoms with E-state index in [1.165, 1.54) is 6.26 Å². The fraction of sp³-hybridized carbons (Fsp3) is 0.231. The second-order valence-corrected chi connectivity index (χ2v) is 4.47. The highest BCUT2D eigenvalue weighted by Crippen LogP contribution is 2.20. The van der Waals surface area contributed by atoms with Crippen LogP contribution in [0.15, 0.2) is 45.8 Å². The number of amides is 1. The number of nitrogens with zero attached hydrogens (tertiary/aromatic N) is 2. The van der Waals surface area contributed by atoms with E-state index < -0.39 is 0 Å². The summed E-state index contributed by atoms with van der Waals surface area (Å²) in [5, 5.41) is 0. The minimum atomic E-state index is -0.0659. The Labute approximate surface area is 114 Å². The maximum Gasteiger partial charge on any atom is 0.258 e. The highest BCUT2D eigenvalue weighted by atomic mass is 79.9. The molecule has 94 valence electrons. The summed E-state index contributed by atoms with van der Waals surface area (Å²) in [6.45, 7) is 3.05. The van der Waals surface area contributed by atoms with Crippen molar-refractivity contribution in [2.75, 3.05) is 6.54 Å². The van der Waals surface area contributed by atoms with Crippen molar-refractivity contribution in [2.45, 2.75) is 13.5 Å². The van der Waals surface area contributed by atoms with Crippen LogP contribution in [0.4, 0.5) is 0 Å². The zero-order valence-electron chi connectivity index (χ0n) is 9.97. The van der Waals surface area contributed by atoms with Gasteiger partial charge in [0.15, 0.2) is 4.67 Å². The van der Waals surface area contributed by atoms with Gasteiger partial charge < -0.3 is 9.32 Å². The molecular weight excluding hydrogens is 296 g/mol. The second kappa shape index (κ2) is 5.82. The first-order chi connectivity index (χ1) is 8.72. The van der Waals surface area contributed by atoms with Crippen molar-refractivity contribution in [3.05, 3.63) is 52.7 Å². The summed E-state index contributed by atoms with van der Waals surface area (Å²) < 4.78 is 5.55. The third-order valence-electron chi connectivity index (χ3n) is 2.60. The largest absolute Gasteiger partial charge is 0.457 e. The van der Waals surface area contributed by atoms with Crippen LogP contribution in [0.25, 0.3) is 0 Å². The molecule has 0 saturated heterocycles. The second-order valence-electron chi connectivity index (χ2n) is 3.75. The average molecular weight is 309 g/mol. The van der Waals surface area contributed by atoms with Crippen molar-refractivity contribution in [3.63, 3.8) is 0 Å². The standard InChI is InChI=1S/C13H13BrN2O2/c1-2-16(9-10-5-3-4-7-15-10)13(17)11-6-8-18-12(11)14/h3-8H,2,9H2,1H3. The lowest BCUT2D eigenvalue weighted by molar-refractivity contribution is 0.0748. The van der Waals surface area contributed by atoms with Crippen LogP contribution in [0.1, 0.15) is 23.0 Å². The van der Waals surface area contributed by atoms with E-state index in [4.69, 9.17) is 4.42 Å². The number of carbonyl (C=O) groups is 1. The zero-order valence-corrected chi connectivity index (χ0v) is 11.6. The Bertz CT molecular complexity index is 525. The molecule has 2 aromatic rings. The molecule has 0 atom stereocenters. The predicted molar refractivity (Wildman–Crippen MR) is 71.1 cm³/mol. The van der Waals surface area contributed by atoms with Crippen LogP contribution in [0.2, 0.25) is 0 Å². The van der Waals surface area contributed by atoms with Gasteiger partial charge in [0.25, 0.3) is 5.91 Å². The molecule has 0 saturated carbocycles. The Morgan fingerprint density at radius 1 is 1.44 bits per heavy atom. The van der Waals surface area contributed by atoms with Crippen LogP contribution in [-0.2, 0) is 6.54 Å². The number of pyridine rings is 1. The molecule has 0 spiro atoms. The minimum Gasteiger partial charge on any atom is -0.457 e. The van der Waals surface area contributed by atoms with Gasteiger partial charge in [0.05, 0.1) is 24.1 Å². The summed E-state index contributed by atoms with van der Waals surface area (Å²) in [5.74, 6) is -0.0659. The van der Waals surface area contributed by atoms with E-state index in [0.29, 0.717) is 23.3 Å². The fourth-order valence-electron chi connectivity index (χ4n) is 1.63. The van der Waals surface area contributed by atoms with E-state index in [1.54, 1.807) is 17.2 Å². The summed E-state index contributed by atoms with van der Waals surface area (Å²) in [6.07, 6.45) is 3.22. The first kappa shape index (κ1) is 12.8. The number of hydrogen-bond acceptors (Lipinski definition) is 3. The molecule has 5 heteroatoms. The van der Waals surface area contributed by atoms with Crippen molar-refractivity contribution in [1.82, 2.24) is 9.88 Å². The first-order valence-electron chi connectivity index (χ1n) is 5.64. The van der Waals surface area contributed by atoms with E-state index in [9.17, 15) is 4.79 Å². The normalized spacial score (nSPS) is 10.3. The van der Waals surface area contributed by atoms with Gasteiger partial charge in [-0.3, -0.25) is 9.78 Å². The Hall–Kier alpha value is -1.62. The number of rotatable bonds is 4. The van der Waals surface area contributed by atoms with Gasteiger partial charge in [-0.2, -0.15) is 0 Å². The lowest BCUT2D eigenvalue weighted by Gasteiger charge is -2.19. The SMILES string of the molecule is CCN(Cc1ccccn1)C(=O)c1ccoc1Br. The van der Waals surface area contributed by atoms with Gasteiger partial charge in [-0.15, -0.1) is 0 Å². The van der Waals surface area contributed by atoms with E-state index in [2.05, 4.69) is 20.9 Å². The molecule has 0 N–H and O–H groups in total. The molecule has 18 heavy (non-hydrogen) atoms. The van der Waals surface area contributed by atoms with Gasteiger partial charge in [0, 0.05) is 12.7 Å². The number of carbonyl (C=O) groups excluding carboxylic acids is 1. The van der Waals surface area contributed by atoms with E-state index in [0.717, 1.165) is 5.69 Å². The van der Waals surface area contributed by atoms with Crippen molar-refractivity contribution < 1.29 is 9.21 Å². The third-order valence-corrected chi connectivity index (χ3v) is 3.21. The topological polar surface area (TPSA) is 46.3 Å². The molecule has 0 bridgehead atoms. The quantitative estimate of drug-likeness (QED) is 0.872. The van der Waals surface area contributed by atoms with E-state index in [-0.39, 0.29) is 5.91 Å². The van der Waals surface area contributed by atoms with E-state index >= 15 is 0 Å². The fourth-order valence-corrected chi connectivity index (χ4v) is 2.04. The lowest BCUT2D eigenvalue weighted by Crippen LogP contribution is -2.30. The maximum atomic E-state index is 12.3. The Kier molecular flexibility index (Phi) is 4.15.